The first-order valence-corrected chi connectivity index (χ1v) is 21.1. The van der Waals surface area contributed by atoms with Crippen LogP contribution in [-0.2, 0) is 46.9 Å². The highest BCUT2D eigenvalue weighted by Crippen LogP contribution is 2.28. The van der Waals surface area contributed by atoms with Crippen molar-refractivity contribution in [1.82, 2.24) is 9.80 Å². The van der Waals surface area contributed by atoms with Crippen LogP contribution in [0.2, 0.25) is 0 Å². The van der Waals surface area contributed by atoms with Crippen LogP contribution in [0.1, 0.15) is 69.4 Å². The van der Waals surface area contributed by atoms with Gasteiger partial charge in [-0.2, -0.15) is 0 Å². The Hall–Kier alpha value is -4.34. The molecule has 316 valence electrons. The lowest BCUT2D eigenvalue weighted by molar-refractivity contribution is -0.185. The number of aliphatic hydroxyl groups excluding tert-OH is 1. The van der Waals surface area contributed by atoms with Crippen molar-refractivity contribution in [2.75, 3.05) is 33.4 Å². The molecule has 5 aromatic rings. The third-order valence-corrected chi connectivity index (χ3v) is 10.2. The SMILES string of the molecule is CN(CC(OCC(C)(C)C)OCC(C)(C)C)[C@@H](CO)[C@H](OCc1ccccc1)[C@H](Cc1cccc(OCc2ccccc2)c1)N(Cc1ccccc1)Cc1ccccc1. The quantitative estimate of drug-likeness (QED) is 0.0660. The highest BCUT2D eigenvalue weighted by atomic mass is 16.7. The Labute approximate surface area is 354 Å². The molecule has 5 rings (SSSR count). The molecule has 0 aliphatic rings. The van der Waals surface area contributed by atoms with E-state index in [2.05, 4.69) is 162 Å². The summed E-state index contributed by atoms with van der Waals surface area (Å²) in [7, 11) is 2.06. The maximum absolute atomic E-state index is 11.6. The Morgan fingerprint density at radius 3 is 1.46 bits per heavy atom. The van der Waals surface area contributed by atoms with Crippen LogP contribution < -0.4 is 4.74 Å². The van der Waals surface area contributed by atoms with Gasteiger partial charge in [0.1, 0.15) is 12.4 Å². The van der Waals surface area contributed by atoms with Gasteiger partial charge in [0.15, 0.2) is 6.29 Å². The minimum absolute atomic E-state index is 0.0422. The van der Waals surface area contributed by atoms with Gasteiger partial charge in [0.05, 0.1) is 38.6 Å². The second kappa shape index (κ2) is 22.9. The summed E-state index contributed by atoms with van der Waals surface area (Å²) in [6.45, 7) is 16.7. The summed E-state index contributed by atoms with van der Waals surface area (Å²) in [5, 5.41) is 11.6. The van der Waals surface area contributed by atoms with Crippen molar-refractivity contribution in [2.24, 2.45) is 10.8 Å². The molecular weight excluding hydrogens is 733 g/mol. The number of nitrogens with zero attached hydrogens (tertiary/aromatic N) is 2. The van der Waals surface area contributed by atoms with E-state index in [1.165, 1.54) is 11.1 Å². The minimum atomic E-state index is -0.496. The number of rotatable bonds is 23. The second-order valence-corrected chi connectivity index (χ2v) is 18.2. The van der Waals surface area contributed by atoms with Crippen LogP contribution in [-0.4, -0.2) is 72.8 Å². The molecule has 0 radical (unpaired) electrons. The molecule has 1 N–H and O–H groups in total. The first-order valence-electron chi connectivity index (χ1n) is 21.1. The molecule has 0 heterocycles. The van der Waals surface area contributed by atoms with E-state index in [-0.39, 0.29) is 23.5 Å². The minimum Gasteiger partial charge on any atom is -0.489 e. The molecule has 7 nitrogen and oxygen atoms in total. The standard InChI is InChI=1S/C52H68N2O5/c1-51(2,3)39-58-49(59-40-52(4,5)6)35-53(7)48(36-55)50(57-38-44-27-18-11-19-28-44)47(32-45-29-20-30-46(31-45)56-37-43-25-16-10-17-26-43)54(33-41-21-12-8-13-22-41)34-42-23-14-9-15-24-42/h8-31,47-50,55H,32-40H2,1-7H3/t47-,48-,50+/m0/s1. The number of hydrogen-bond acceptors (Lipinski definition) is 7. The van der Waals surface area contributed by atoms with Gasteiger partial charge in [-0.05, 0) is 64.2 Å². The van der Waals surface area contributed by atoms with Crippen LogP contribution in [0.4, 0.5) is 0 Å². The van der Waals surface area contributed by atoms with E-state index in [4.69, 9.17) is 18.9 Å². The molecule has 0 amide bonds. The topological polar surface area (TPSA) is 63.6 Å². The van der Waals surface area contributed by atoms with Gasteiger partial charge < -0.3 is 24.1 Å². The van der Waals surface area contributed by atoms with Gasteiger partial charge in [-0.15, -0.1) is 0 Å². The fourth-order valence-corrected chi connectivity index (χ4v) is 7.07. The fourth-order valence-electron chi connectivity index (χ4n) is 7.07. The summed E-state index contributed by atoms with van der Waals surface area (Å²) >= 11 is 0. The van der Waals surface area contributed by atoms with Gasteiger partial charge in [-0.1, -0.05) is 175 Å². The van der Waals surface area contributed by atoms with Gasteiger partial charge in [0.2, 0.25) is 0 Å². The lowest BCUT2D eigenvalue weighted by Gasteiger charge is -2.43. The lowest BCUT2D eigenvalue weighted by Crippen LogP contribution is -2.57. The van der Waals surface area contributed by atoms with Crippen LogP contribution in [0.3, 0.4) is 0 Å². The van der Waals surface area contributed by atoms with Crippen molar-refractivity contribution in [1.29, 1.82) is 0 Å². The number of hydrogen-bond donors (Lipinski definition) is 1. The van der Waals surface area contributed by atoms with Gasteiger partial charge in [-0.25, -0.2) is 0 Å². The maximum atomic E-state index is 11.6. The van der Waals surface area contributed by atoms with Crippen molar-refractivity contribution in [2.45, 2.75) is 98.7 Å². The molecule has 3 atom stereocenters. The third kappa shape index (κ3) is 16.3. The van der Waals surface area contributed by atoms with Crippen LogP contribution in [0, 0.1) is 10.8 Å². The summed E-state index contributed by atoms with van der Waals surface area (Å²) in [5.41, 5.74) is 5.64. The highest BCUT2D eigenvalue weighted by molar-refractivity contribution is 5.30. The monoisotopic (exact) mass is 801 g/mol. The fraction of sp³-hybridized carbons (Fsp3) is 0.423. The zero-order valence-corrected chi connectivity index (χ0v) is 36.5. The van der Waals surface area contributed by atoms with Crippen LogP contribution >= 0.6 is 0 Å². The summed E-state index contributed by atoms with van der Waals surface area (Å²) < 4.78 is 26.5. The van der Waals surface area contributed by atoms with Crippen molar-refractivity contribution < 1.29 is 24.1 Å². The van der Waals surface area contributed by atoms with E-state index in [9.17, 15) is 5.11 Å². The van der Waals surface area contributed by atoms with Crippen molar-refractivity contribution in [3.8, 4) is 5.75 Å². The normalized spacial score (nSPS) is 13.8. The lowest BCUT2D eigenvalue weighted by atomic mass is 9.92. The first-order chi connectivity index (χ1) is 28.3. The van der Waals surface area contributed by atoms with E-state index < -0.39 is 18.4 Å². The smallest absolute Gasteiger partial charge is 0.170 e. The molecule has 0 saturated carbocycles. The van der Waals surface area contributed by atoms with Crippen molar-refractivity contribution >= 4 is 0 Å². The van der Waals surface area contributed by atoms with E-state index in [1.54, 1.807) is 0 Å². The molecule has 59 heavy (non-hydrogen) atoms. The van der Waals surface area contributed by atoms with Crippen molar-refractivity contribution in [3.63, 3.8) is 0 Å². The zero-order chi connectivity index (χ0) is 42.1. The molecule has 0 fully saturated rings. The van der Waals surface area contributed by atoms with Crippen molar-refractivity contribution in [3.05, 3.63) is 173 Å². The summed E-state index contributed by atoms with van der Waals surface area (Å²) in [6, 6.07) is 49.7. The van der Waals surface area contributed by atoms with Gasteiger partial charge in [0.25, 0.3) is 0 Å². The number of aliphatic hydroxyl groups is 1. The highest BCUT2D eigenvalue weighted by Gasteiger charge is 2.38. The molecule has 0 saturated heterocycles. The van der Waals surface area contributed by atoms with Crippen LogP contribution in [0.5, 0.6) is 5.75 Å². The second-order valence-electron chi connectivity index (χ2n) is 18.2. The van der Waals surface area contributed by atoms with Gasteiger partial charge >= 0.3 is 0 Å². The summed E-state index contributed by atoms with van der Waals surface area (Å²) in [6.07, 6.45) is -0.294. The maximum Gasteiger partial charge on any atom is 0.170 e. The molecule has 0 aromatic heterocycles. The van der Waals surface area contributed by atoms with Crippen LogP contribution in [0.25, 0.3) is 0 Å². The van der Waals surface area contributed by atoms with E-state index >= 15 is 0 Å². The number of ether oxygens (including phenoxy) is 4. The predicted octanol–water partition coefficient (Wildman–Crippen LogP) is 10.2. The Morgan fingerprint density at radius 2 is 0.983 bits per heavy atom. The van der Waals surface area contributed by atoms with Gasteiger partial charge in [0, 0.05) is 25.7 Å². The van der Waals surface area contributed by atoms with Crippen LogP contribution in [0.15, 0.2) is 146 Å². The predicted molar refractivity (Wildman–Crippen MR) is 240 cm³/mol. The summed E-state index contributed by atoms with van der Waals surface area (Å²) in [4.78, 5) is 4.71. The molecule has 5 aromatic carbocycles. The Kier molecular flexibility index (Phi) is 17.7. The van der Waals surface area contributed by atoms with E-state index in [0.29, 0.717) is 52.5 Å². The summed E-state index contributed by atoms with van der Waals surface area (Å²) in [5.74, 6) is 0.815. The zero-order valence-electron chi connectivity index (χ0n) is 36.5. The Morgan fingerprint density at radius 1 is 0.525 bits per heavy atom. The number of likely N-dealkylation sites (N-methyl/N-ethyl adjacent to an activating group) is 1. The molecule has 0 aliphatic heterocycles. The van der Waals surface area contributed by atoms with E-state index in [0.717, 1.165) is 22.4 Å². The van der Waals surface area contributed by atoms with Gasteiger partial charge in [-0.3, -0.25) is 9.80 Å². The van der Waals surface area contributed by atoms with E-state index in [1.807, 2.05) is 42.5 Å². The molecule has 7 heteroatoms. The molecule has 0 spiro atoms. The Balaban J connectivity index is 1.56. The average molecular weight is 801 g/mol. The third-order valence-electron chi connectivity index (χ3n) is 10.2. The molecule has 0 aliphatic carbocycles. The Bertz CT molecular complexity index is 1820. The molecule has 0 unspecified atom stereocenters. The number of benzene rings is 5. The average Bonchev–Trinajstić information content (AvgIpc) is 3.22. The first kappa shape index (κ1) is 45.7. The largest absolute Gasteiger partial charge is 0.489 e. The molecule has 0 bridgehead atoms. The molecular formula is C52H68N2O5.